The van der Waals surface area contributed by atoms with Crippen LogP contribution in [0.4, 0.5) is 10.1 Å². The van der Waals surface area contributed by atoms with Crippen LogP contribution >= 0.6 is 11.3 Å². The van der Waals surface area contributed by atoms with Crippen molar-refractivity contribution in [3.05, 3.63) is 71.4 Å². The first-order valence-electron chi connectivity index (χ1n) is 9.68. The van der Waals surface area contributed by atoms with Crippen molar-refractivity contribution in [1.29, 1.82) is 0 Å². The number of nitrogens with zero attached hydrogens (tertiary/aromatic N) is 1. The second-order valence-electron chi connectivity index (χ2n) is 7.10. The number of thiophene rings is 1. The van der Waals surface area contributed by atoms with Gasteiger partial charge in [0.2, 0.25) is 0 Å². The molecule has 2 aromatic carbocycles. The molecule has 0 atom stereocenters. The molecule has 1 amide bonds. The number of piperidine rings is 1. The van der Waals surface area contributed by atoms with Gasteiger partial charge in [-0.05, 0) is 66.9 Å². The SMILES string of the molecule is COc1ccc(N2CCC(NC(=O)c3ccc(-c4ccc(F)cc4)s3)CC2)cc1. The zero-order chi connectivity index (χ0) is 20.2. The van der Waals surface area contributed by atoms with Crippen molar-refractivity contribution < 1.29 is 13.9 Å². The molecule has 4 rings (SSSR count). The third-order valence-electron chi connectivity index (χ3n) is 5.23. The number of hydrogen-bond donors (Lipinski definition) is 1. The van der Waals surface area contributed by atoms with Gasteiger partial charge in [-0.3, -0.25) is 4.79 Å². The lowest BCUT2D eigenvalue weighted by Gasteiger charge is -2.34. The highest BCUT2D eigenvalue weighted by molar-refractivity contribution is 7.17. The molecule has 0 saturated carbocycles. The van der Waals surface area contributed by atoms with Crippen molar-refractivity contribution in [2.24, 2.45) is 0 Å². The van der Waals surface area contributed by atoms with Crippen LogP contribution in [0.15, 0.2) is 60.7 Å². The summed E-state index contributed by atoms with van der Waals surface area (Å²) in [6.07, 6.45) is 1.82. The molecule has 0 bridgehead atoms. The van der Waals surface area contributed by atoms with Crippen LogP contribution in [0, 0.1) is 5.82 Å². The highest BCUT2D eigenvalue weighted by Gasteiger charge is 2.22. The maximum absolute atomic E-state index is 13.1. The molecule has 150 valence electrons. The van der Waals surface area contributed by atoms with Crippen LogP contribution in [0.1, 0.15) is 22.5 Å². The molecule has 6 heteroatoms. The number of amides is 1. The number of anilines is 1. The minimum Gasteiger partial charge on any atom is -0.497 e. The van der Waals surface area contributed by atoms with Crippen molar-refractivity contribution in [1.82, 2.24) is 5.32 Å². The van der Waals surface area contributed by atoms with Crippen molar-refractivity contribution in [3.8, 4) is 16.2 Å². The molecule has 0 aliphatic carbocycles. The number of rotatable bonds is 5. The van der Waals surface area contributed by atoms with Crippen LogP contribution < -0.4 is 15.0 Å². The predicted octanol–water partition coefficient (Wildman–Crippen LogP) is 4.96. The summed E-state index contributed by atoms with van der Waals surface area (Å²) in [5, 5.41) is 3.16. The van der Waals surface area contributed by atoms with Gasteiger partial charge in [-0.25, -0.2) is 4.39 Å². The standard InChI is InChI=1S/C23H23FN2O2S/c1-28-20-8-6-19(7-9-20)26-14-12-18(13-15-26)25-23(27)22-11-10-21(29-22)16-2-4-17(24)5-3-16/h2-11,18H,12-15H2,1H3,(H,25,27). The van der Waals surface area contributed by atoms with Gasteiger partial charge in [-0.15, -0.1) is 11.3 Å². The Labute approximate surface area is 173 Å². The van der Waals surface area contributed by atoms with E-state index in [0.717, 1.165) is 42.1 Å². The summed E-state index contributed by atoms with van der Waals surface area (Å²) in [4.78, 5) is 16.6. The van der Waals surface area contributed by atoms with Gasteiger partial charge in [0.05, 0.1) is 12.0 Å². The molecule has 4 nitrogen and oxygen atoms in total. The molecule has 2 heterocycles. The smallest absolute Gasteiger partial charge is 0.261 e. The minimum absolute atomic E-state index is 0.0359. The Morgan fingerprint density at radius 2 is 1.72 bits per heavy atom. The molecule has 1 saturated heterocycles. The number of carbonyl (C=O) groups is 1. The predicted molar refractivity (Wildman–Crippen MR) is 115 cm³/mol. The Balaban J connectivity index is 1.32. The monoisotopic (exact) mass is 410 g/mol. The van der Waals surface area contributed by atoms with E-state index in [1.54, 1.807) is 19.2 Å². The third kappa shape index (κ3) is 4.59. The first kappa shape index (κ1) is 19.5. The van der Waals surface area contributed by atoms with E-state index in [0.29, 0.717) is 4.88 Å². The summed E-state index contributed by atoms with van der Waals surface area (Å²) in [6.45, 7) is 1.81. The zero-order valence-corrected chi connectivity index (χ0v) is 17.0. The van der Waals surface area contributed by atoms with E-state index in [2.05, 4.69) is 22.3 Å². The molecule has 0 spiro atoms. The van der Waals surface area contributed by atoms with Gasteiger partial charge in [-0.2, -0.15) is 0 Å². The van der Waals surface area contributed by atoms with E-state index in [9.17, 15) is 9.18 Å². The van der Waals surface area contributed by atoms with Gasteiger partial charge < -0.3 is 15.0 Å². The Morgan fingerprint density at radius 1 is 1.03 bits per heavy atom. The molecule has 1 aliphatic rings. The lowest BCUT2D eigenvalue weighted by atomic mass is 10.0. The van der Waals surface area contributed by atoms with E-state index in [-0.39, 0.29) is 17.8 Å². The Kier molecular flexibility index (Phi) is 5.81. The van der Waals surface area contributed by atoms with E-state index in [1.165, 1.54) is 29.2 Å². The average Bonchev–Trinajstić information content (AvgIpc) is 3.25. The normalized spacial score (nSPS) is 14.6. The quantitative estimate of drug-likeness (QED) is 0.646. The number of nitrogens with one attached hydrogen (secondary N) is 1. The summed E-state index contributed by atoms with van der Waals surface area (Å²) in [7, 11) is 1.67. The van der Waals surface area contributed by atoms with Gasteiger partial charge >= 0.3 is 0 Å². The molecule has 29 heavy (non-hydrogen) atoms. The summed E-state index contributed by atoms with van der Waals surface area (Å²) in [5.74, 6) is 0.558. The number of carbonyl (C=O) groups excluding carboxylic acids is 1. The van der Waals surface area contributed by atoms with Gasteiger partial charge in [0, 0.05) is 29.7 Å². The fraction of sp³-hybridized carbons (Fsp3) is 0.261. The lowest BCUT2D eigenvalue weighted by Crippen LogP contribution is -2.44. The molecule has 1 aromatic heterocycles. The van der Waals surface area contributed by atoms with Crippen molar-refractivity contribution in [3.63, 3.8) is 0 Å². The molecule has 3 aromatic rings. The van der Waals surface area contributed by atoms with Crippen LogP contribution in [0.25, 0.3) is 10.4 Å². The molecule has 1 fully saturated rings. The molecule has 0 radical (unpaired) electrons. The highest BCUT2D eigenvalue weighted by Crippen LogP contribution is 2.29. The van der Waals surface area contributed by atoms with Gasteiger partial charge in [0.15, 0.2) is 0 Å². The van der Waals surface area contributed by atoms with Crippen LogP contribution in [-0.2, 0) is 0 Å². The molecule has 0 unspecified atom stereocenters. The van der Waals surface area contributed by atoms with Crippen LogP contribution in [-0.4, -0.2) is 32.1 Å². The minimum atomic E-state index is -0.260. The van der Waals surface area contributed by atoms with E-state index >= 15 is 0 Å². The maximum atomic E-state index is 13.1. The maximum Gasteiger partial charge on any atom is 0.261 e. The topological polar surface area (TPSA) is 41.6 Å². The Hall–Kier alpha value is -2.86. The lowest BCUT2D eigenvalue weighted by molar-refractivity contribution is 0.0935. The molecular formula is C23H23FN2O2S. The van der Waals surface area contributed by atoms with Crippen LogP contribution in [0.2, 0.25) is 0 Å². The van der Waals surface area contributed by atoms with E-state index < -0.39 is 0 Å². The first-order chi connectivity index (χ1) is 14.1. The Bertz CT molecular complexity index is 961. The largest absolute Gasteiger partial charge is 0.497 e. The van der Waals surface area contributed by atoms with Crippen LogP contribution in [0.5, 0.6) is 5.75 Å². The van der Waals surface area contributed by atoms with Crippen molar-refractivity contribution in [2.45, 2.75) is 18.9 Å². The van der Waals surface area contributed by atoms with Gasteiger partial charge in [0.25, 0.3) is 5.91 Å². The first-order valence-corrected chi connectivity index (χ1v) is 10.5. The second-order valence-corrected chi connectivity index (χ2v) is 8.19. The number of ether oxygens (including phenoxy) is 1. The fourth-order valence-corrected chi connectivity index (χ4v) is 4.48. The molecular weight excluding hydrogens is 387 g/mol. The molecule has 1 aliphatic heterocycles. The van der Waals surface area contributed by atoms with Crippen LogP contribution in [0.3, 0.4) is 0 Å². The van der Waals surface area contributed by atoms with Crippen molar-refractivity contribution in [2.75, 3.05) is 25.1 Å². The average molecular weight is 411 g/mol. The summed E-state index contributed by atoms with van der Waals surface area (Å²) in [5.41, 5.74) is 2.10. The Morgan fingerprint density at radius 3 is 2.38 bits per heavy atom. The highest BCUT2D eigenvalue weighted by atomic mass is 32.1. The third-order valence-corrected chi connectivity index (χ3v) is 6.36. The second kappa shape index (κ2) is 8.66. The fourth-order valence-electron chi connectivity index (χ4n) is 3.56. The van der Waals surface area contributed by atoms with Gasteiger partial charge in [-0.1, -0.05) is 12.1 Å². The molecule has 1 N–H and O–H groups in total. The summed E-state index contributed by atoms with van der Waals surface area (Å²) >= 11 is 1.43. The van der Waals surface area contributed by atoms with Gasteiger partial charge in [0.1, 0.15) is 11.6 Å². The van der Waals surface area contributed by atoms with Crippen molar-refractivity contribution >= 4 is 22.9 Å². The van der Waals surface area contributed by atoms with E-state index in [1.807, 2.05) is 24.3 Å². The van der Waals surface area contributed by atoms with E-state index in [4.69, 9.17) is 4.74 Å². The number of methoxy groups -OCH3 is 1. The number of halogens is 1. The zero-order valence-electron chi connectivity index (χ0n) is 16.2. The number of benzene rings is 2. The summed E-state index contributed by atoms with van der Waals surface area (Å²) < 4.78 is 18.3. The number of hydrogen-bond acceptors (Lipinski definition) is 4. The summed E-state index contributed by atoms with van der Waals surface area (Å²) in [6, 6.07) is 18.3.